The number of nitrogens with zero attached hydrogens (tertiary/aromatic N) is 2. The monoisotopic (exact) mass is 470 g/mol. The van der Waals surface area contributed by atoms with Crippen molar-refractivity contribution in [3.05, 3.63) is 95.6 Å². The molecule has 0 aliphatic rings. The van der Waals surface area contributed by atoms with Crippen LogP contribution in [0.15, 0.2) is 84.0 Å². The van der Waals surface area contributed by atoms with Crippen LogP contribution in [0.25, 0.3) is 0 Å². The van der Waals surface area contributed by atoms with Gasteiger partial charge in [-0.1, -0.05) is 48.5 Å². The number of hydrogen-bond donors (Lipinski definition) is 2. The zero-order valence-corrected chi connectivity index (χ0v) is 19.3. The first-order valence-corrected chi connectivity index (χ1v) is 11.1. The maximum absolute atomic E-state index is 12.7. The minimum Gasteiger partial charge on any atom is -0.490 e. The predicted octanol–water partition coefficient (Wildman–Crippen LogP) is 4.00. The van der Waals surface area contributed by atoms with Gasteiger partial charge in [0.2, 0.25) is 5.91 Å². The van der Waals surface area contributed by atoms with Gasteiger partial charge in [0.25, 0.3) is 5.91 Å². The van der Waals surface area contributed by atoms with Gasteiger partial charge in [0.05, 0.1) is 25.3 Å². The van der Waals surface area contributed by atoms with Crippen LogP contribution in [0.1, 0.15) is 40.9 Å². The van der Waals surface area contributed by atoms with Crippen molar-refractivity contribution in [1.82, 2.24) is 10.7 Å². The summed E-state index contributed by atoms with van der Waals surface area (Å²) >= 11 is 0. The minimum atomic E-state index is -0.528. The Morgan fingerprint density at radius 1 is 1.00 bits per heavy atom. The highest BCUT2D eigenvalue weighted by molar-refractivity contribution is 5.94. The number of nitrogens with one attached hydrogen (secondary N) is 2. The number of nitriles is 1. The first-order valence-electron chi connectivity index (χ1n) is 11.1. The Labute approximate surface area is 204 Å². The third kappa shape index (κ3) is 7.72. The van der Waals surface area contributed by atoms with E-state index in [4.69, 9.17) is 14.7 Å². The van der Waals surface area contributed by atoms with Gasteiger partial charge in [-0.15, -0.1) is 0 Å². The van der Waals surface area contributed by atoms with Gasteiger partial charge in [0, 0.05) is 5.56 Å². The summed E-state index contributed by atoms with van der Waals surface area (Å²) < 4.78 is 10.9. The third-order valence-corrected chi connectivity index (χ3v) is 4.90. The van der Waals surface area contributed by atoms with Crippen molar-refractivity contribution in [2.45, 2.75) is 19.4 Å². The average Bonchev–Trinajstić information content (AvgIpc) is 2.89. The van der Waals surface area contributed by atoms with Crippen LogP contribution in [0.3, 0.4) is 0 Å². The standard InChI is InChI=1S/C27H26N4O4/c1-2-34-25-17-20(13-14-24(25)35-16-15-28)19-29-31-26(32)18-23(21-9-5-3-6-10-21)30-27(33)22-11-7-4-8-12-22/h3-14,17,19,23H,2,16,18H2,1H3,(H,30,33)(H,31,32)/b29-19-/t23-/m0/s1. The lowest BCUT2D eigenvalue weighted by Gasteiger charge is -2.18. The molecule has 0 saturated carbocycles. The summed E-state index contributed by atoms with van der Waals surface area (Å²) in [6.07, 6.45) is 1.49. The minimum absolute atomic E-state index is 0.00502. The molecule has 0 radical (unpaired) electrons. The SMILES string of the molecule is CCOc1cc(/C=N\NC(=O)C[C@H](NC(=O)c2ccccc2)c2ccccc2)ccc1OCC#N. The van der Waals surface area contributed by atoms with Crippen LogP contribution in [0.5, 0.6) is 11.5 Å². The molecule has 0 saturated heterocycles. The Hall–Kier alpha value is -4.64. The molecule has 2 N–H and O–H groups in total. The Morgan fingerprint density at radius 2 is 1.71 bits per heavy atom. The van der Waals surface area contributed by atoms with Crippen LogP contribution in [0, 0.1) is 11.3 Å². The van der Waals surface area contributed by atoms with E-state index in [9.17, 15) is 9.59 Å². The summed E-state index contributed by atoms with van der Waals surface area (Å²) in [5.41, 5.74) is 4.51. The molecule has 3 aromatic carbocycles. The number of hydrazone groups is 1. The van der Waals surface area contributed by atoms with Crippen molar-refractivity contribution in [3.63, 3.8) is 0 Å². The average molecular weight is 471 g/mol. The second kappa shape index (κ2) is 13.2. The number of ether oxygens (including phenoxy) is 2. The number of amides is 2. The van der Waals surface area contributed by atoms with E-state index < -0.39 is 6.04 Å². The van der Waals surface area contributed by atoms with E-state index in [1.54, 1.807) is 42.5 Å². The molecule has 2 amide bonds. The van der Waals surface area contributed by atoms with Gasteiger partial charge in [0.1, 0.15) is 6.07 Å². The zero-order chi connectivity index (χ0) is 24.9. The maximum atomic E-state index is 12.7. The van der Waals surface area contributed by atoms with Crippen molar-refractivity contribution >= 4 is 18.0 Å². The lowest BCUT2D eigenvalue weighted by Crippen LogP contribution is -2.32. The highest BCUT2D eigenvalue weighted by Crippen LogP contribution is 2.28. The van der Waals surface area contributed by atoms with E-state index in [-0.39, 0.29) is 24.8 Å². The second-order valence-corrected chi connectivity index (χ2v) is 7.39. The lowest BCUT2D eigenvalue weighted by molar-refractivity contribution is -0.121. The van der Waals surface area contributed by atoms with Crippen LogP contribution in [-0.2, 0) is 4.79 Å². The molecular weight excluding hydrogens is 444 g/mol. The fourth-order valence-electron chi connectivity index (χ4n) is 3.28. The molecule has 178 valence electrons. The topological polar surface area (TPSA) is 113 Å². The zero-order valence-electron chi connectivity index (χ0n) is 19.3. The van der Waals surface area contributed by atoms with Gasteiger partial charge < -0.3 is 14.8 Å². The molecule has 35 heavy (non-hydrogen) atoms. The van der Waals surface area contributed by atoms with Crippen molar-refractivity contribution in [3.8, 4) is 17.6 Å². The molecule has 8 nitrogen and oxygen atoms in total. The van der Waals surface area contributed by atoms with Crippen LogP contribution < -0.4 is 20.2 Å². The number of rotatable bonds is 11. The molecule has 0 heterocycles. The van der Waals surface area contributed by atoms with E-state index in [1.165, 1.54) is 6.21 Å². The molecule has 0 aliphatic heterocycles. The van der Waals surface area contributed by atoms with Gasteiger partial charge in [0.15, 0.2) is 18.1 Å². The first-order chi connectivity index (χ1) is 17.1. The molecule has 0 unspecified atom stereocenters. The molecule has 3 aromatic rings. The van der Waals surface area contributed by atoms with Crippen molar-refractivity contribution in [1.29, 1.82) is 5.26 Å². The number of hydrogen-bond acceptors (Lipinski definition) is 6. The molecule has 0 spiro atoms. The fraction of sp³-hybridized carbons (Fsp3) is 0.185. The van der Waals surface area contributed by atoms with Gasteiger partial charge in [-0.3, -0.25) is 9.59 Å². The molecule has 0 fully saturated rings. The Kier molecular flexibility index (Phi) is 9.40. The largest absolute Gasteiger partial charge is 0.490 e. The molecule has 3 rings (SSSR count). The molecule has 0 aliphatic carbocycles. The summed E-state index contributed by atoms with van der Waals surface area (Å²) in [7, 11) is 0. The highest BCUT2D eigenvalue weighted by atomic mass is 16.5. The first kappa shape index (κ1) is 25.0. The van der Waals surface area contributed by atoms with E-state index in [2.05, 4.69) is 15.8 Å². The van der Waals surface area contributed by atoms with Gasteiger partial charge in [-0.25, -0.2) is 5.43 Å². The molecule has 1 atom stereocenters. The number of carbonyl (C=O) groups excluding carboxylic acids is 2. The summed E-state index contributed by atoms with van der Waals surface area (Å²) in [6.45, 7) is 2.18. The Morgan fingerprint density at radius 3 is 2.40 bits per heavy atom. The predicted molar refractivity (Wildman–Crippen MR) is 132 cm³/mol. The fourth-order valence-corrected chi connectivity index (χ4v) is 3.28. The van der Waals surface area contributed by atoms with Gasteiger partial charge in [-0.2, -0.15) is 10.4 Å². The molecular formula is C27H26N4O4. The normalized spacial score (nSPS) is 11.3. The summed E-state index contributed by atoms with van der Waals surface area (Å²) in [5, 5.41) is 15.7. The van der Waals surface area contributed by atoms with E-state index >= 15 is 0 Å². The van der Waals surface area contributed by atoms with Crippen LogP contribution in [-0.4, -0.2) is 31.2 Å². The van der Waals surface area contributed by atoms with Crippen molar-refractivity contribution in [2.75, 3.05) is 13.2 Å². The van der Waals surface area contributed by atoms with E-state index in [0.29, 0.717) is 29.2 Å². The quantitative estimate of drug-likeness (QED) is 0.325. The molecule has 0 bridgehead atoms. The number of carbonyl (C=O) groups is 2. The summed E-state index contributed by atoms with van der Waals surface area (Å²) in [4.78, 5) is 25.3. The molecule has 0 aromatic heterocycles. The van der Waals surface area contributed by atoms with Crippen molar-refractivity contribution < 1.29 is 19.1 Å². The van der Waals surface area contributed by atoms with Gasteiger partial charge >= 0.3 is 0 Å². The van der Waals surface area contributed by atoms with E-state index in [1.807, 2.05) is 49.4 Å². The van der Waals surface area contributed by atoms with Crippen molar-refractivity contribution in [2.24, 2.45) is 5.10 Å². The van der Waals surface area contributed by atoms with E-state index in [0.717, 1.165) is 5.56 Å². The highest BCUT2D eigenvalue weighted by Gasteiger charge is 2.19. The maximum Gasteiger partial charge on any atom is 0.251 e. The van der Waals surface area contributed by atoms with Crippen LogP contribution in [0.4, 0.5) is 0 Å². The smallest absolute Gasteiger partial charge is 0.251 e. The summed E-state index contributed by atoms with van der Waals surface area (Å²) in [6, 6.07) is 24.6. The number of benzene rings is 3. The Bertz CT molecular complexity index is 1190. The van der Waals surface area contributed by atoms with Crippen LogP contribution in [0.2, 0.25) is 0 Å². The third-order valence-electron chi connectivity index (χ3n) is 4.90. The Balaban J connectivity index is 1.65. The van der Waals surface area contributed by atoms with Crippen LogP contribution >= 0.6 is 0 Å². The second-order valence-electron chi connectivity index (χ2n) is 7.39. The van der Waals surface area contributed by atoms with Gasteiger partial charge in [-0.05, 0) is 48.4 Å². The molecule has 8 heteroatoms. The lowest BCUT2D eigenvalue weighted by atomic mass is 10.0. The summed E-state index contributed by atoms with van der Waals surface area (Å²) in [5.74, 6) is 0.306.